The molecule has 0 aliphatic heterocycles. The van der Waals surface area contributed by atoms with E-state index in [1.165, 1.54) is 11.8 Å². The molecule has 0 saturated carbocycles. The van der Waals surface area contributed by atoms with Crippen molar-refractivity contribution in [1.29, 1.82) is 0 Å². The minimum atomic E-state index is -0.377. The normalized spacial score (nSPS) is 11.5. The highest BCUT2D eigenvalue weighted by molar-refractivity contribution is 7.99. The standard InChI is InChI=1S/C20H22N4O2S.ClH/c1-13-7-6-10-17(14(13)2)22-18(25)12-27-20-24-23-19(26-20)16(21)11-15-8-4-3-5-9-15;/h3-10,16H,11-12,21H2,1-2H3,(H,22,25);1H/p-1/t16-;/m0./s1. The Morgan fingerprint density at radius 3 is 2.64 bits per heavy atom. The molecule has 1 amide bonds. The Morgan fingerprint density at radius 1 is 1.14 bits per heavy atom. The fourth-order valence-corrected chi connectivity index (χ4v) is 3.15. The van der Waals surface area contributed by atoms with Crippen LogP contribution in [-0.4, -0.2) is 21.9 Å². The molecule has 0 bridgehead atoms. The monoisotopic (exact) mass is 417 g/mol. The summed E-state index contributed by atoms with van der Waals surface area (Å²) in [7, 11) is 0. The lowest BCUT2D eigenvalue weighted by atomic mass is 10.1. The van der Waals surface area contributed by atoms with Crippen LogP contribution < -0.4 is 23.5 Å². The molecule has 3 rings (SSSR count). The van der Waals surface area contributed by atoms with Crippen molar-refractivity contribution in [2.45, 2.75) is 31.5 Å². The van der Waals surface area contributed by atoms with Gasteiger partial charge in [-0.25, -0.2) is 0 Å². The molecule has 0 saturated heterocycles. The molecule has 148 valence electrons. The molecule has 0 unspecified atom stereocenters. The van der Waals surface area contributed by atoms with Gasteiger partial charge in [-0.15, -0.1) is 10.2 Å². The molecule has 0 aliphatic rings. The third-order valence-corrected chi connectivity index (χ3v) is 5.06. The van der Waals surface area contributed by atoms with Crippen molar-refractivity contribution in [3.8, 4) is 0 Å². The van der Waals surface area contributed by atoms with Gasteiger partial charge in [-0.3, -0.25) is 4.79 Å². The Morgan fingerprint density at radius 2 is 1.89 bits per heavy atom. The van der Waals surface area contributed by atoms with Crippen molar-refractivity contribution in [3.63, 3.8) is 0 Å². The molecule has 0 spiro atoms. The van der Waals surface area contributed by atoms with Crippen molar-refractivity contribution in [2.24, 2.45) is 5.73 Å². The second-order valence-electron chi connectivity index (χ2n) is 6.29. The first-order valence-corrected chi connectivity index (χ1v) is 9.63. The number of nitrogens with two attached hydrogens (primary N) is 1. The summed E-state index contributed by atoms with van der Waals surface area (Å²) in [5.74, 6) is 0.432. The maximum atomic E-state index is 12.2. The molecule has 6 nitrogen and oxygen atoms in total. The number of hydrogen-bond donors (Lipinski definition) is 2. The third-order valence-electron chi connectivity index (χ3n) is 4.24. The number of carbonyl (C=O) groups is 1. The summed E-state index contributed by atoms with van der Waals surface area (Å²) in [6.45, 7) is 3.99. The summed E-state index contributed by atoms with van der Waals surface area (Å²) in [6, 6.07) is 15.3. The number of carbonyl (C=O) groups excluding carboxylic acids is 1. The SMILES string of the molecule is Cc1cccc(NC(=O)CSc2nnc([C@@H](N)Cc3ccccc3)o2)c1C.[Cl-]. The number of nitrogens with zero attached hydrogens (tertiary/aromatic N) is 2. The van der Waals surface area contributed by atoms with Crippen LogP contribution in [-0.2, 0) is 11.2 Å². The maximum Gasteiger partial charge on any atom is 0.277 e. The zero-order valence-corrected chi connectivity index (χ0v) is 17.3. The van der Waals surface area contributed by atoms with Gasteiger partial charge in [-0.2, -0.15) is 0 Å². The second-order valence-corrected chi connectivity index (χ2v) is 7.21. The van der Waals surface area contributed by atoms with Crippen molar-refractivity contribution >= 4 is 23.4 Å². The highest BCUT2D eigenvalue weighted by Crippen LogP contribution is 2.22. The van der Waals surface area contributed by atoms with E-state index in [1.54, 1.807) is 0 Å². The first-order valence-electron chi connectivity index (χ1n) is 8.64. The summed E-state index contributed by atoms with van der Waals surface area (Å²) >= 11 is 1.19. The average molecular weight is 418 g/mol. The predicted octanol–water partition coefficient (Wildman–Crippen LogP) is 0.664. The number of rotatable bonds is 7. The van der Waals surface area contributed by atoms with Gasteiger partial charge in [0.15, 0.2) is 0 Å². The molecule has 1 aromatic heterocycles. The summed E-state index contributed by atoms with van der Waals surface area (Å²) in [5, 5.41) is 11.2. The molecular weight excluding hydrogens is 396 g/mol. The van der Waals surface area contributed by atoms with E-state index in [2.05, 4.69) is 15.5 Å². The van der Waals surface area contributed by atoms with Gasteiger partial charge in [0.25, 0.3) is 5.22 Å². The van der Waals surface area contributed by atoms with Crippen LogP contribution in [0.5, 0.6) is 0 Å². The molecule has 3 aromatic rings. The molecular formula is C20H22ClN4O2S-. The molecule has 1 atom stereocenters. The Hall–Kier alpha value is -2.35. The summed E-state index contributed by atoms with van der Waals surface area (Å²) in [4.78, 5) is 12.2. The van der Waals surface area contributed by atoms with Crippen LogP contribution in [0, 0.1) is 13.8 Å². The van der Waals surface area contributed by atoms with Crippen LogP contribution in [0.4, 0.5) is 5.69 Å². The van der Waals surface area contributed by atoms with Gasteiger partial charge >= 0.3 is 0 Å². The van der Waals surface area contributed by atoms with E-state index in [0.29, 0.717) is 17.5 Å². The topological polar surface area (TPSA) is 94.0 Å². The maximum absolute atomic E-state index is 12.2. The molecule has 0 aliphatic carbocycles. The Balaban J connectivity index is 0.00000280. The van der Waals surface area contributed by atoms with E-state index in [-0.39, 0.29) is 30.1 Å². The number of nitrogens with one attached hydrogen (secondary N) is 1. The first kappa shape index (κ1) is 21.9. The Kier molecular flexibility index (Phi) is 8.04. The molecule has 3 N–H and O–H groups in total. The minimum Gasteiger partial charge on any atom is -1.00 e. The smallest absolute Gasteiger partial charge is 0.277 e. The minimum absolute atomic E-state index is 0. The van der Waals surface area contributed by atoms with E-state index < -0.39 is 0 Å². The van der Waals surface area contributed by atoms with Crippen LogP contribution in [0.25, 0.3) is 0 Å². The Bertz CT molecular complexity index is 918. The number of hydrogen-bond acceptors (Lipinski definition) is 6. The summed E-state index contributed by atoms with van der Waals surface area (Å²) in [5.41, 5.74) is 10.3. The zero-order valence-electron chi connectivity index (χ0n) is 15.7. The van der Waals surface area contributed by atoms with Gasteiger partial charge in [0.2, 0.25) is 11.8 Å². The van der Waals surface area contributed by atoms with Crippen LogP contribution in [0.2, 0.25) is 0 Å². The number of halogens is 1. The number of benzene rings is 2. The lowest BCUT2D eigenvalue weighted by Gasteiger charge is -2.09. The Labute approximate surface area is 174 Å². The highest BCUT2D eigenvalue weighted by Gasteiger charge is 2.16. The quantitative estimate of drug-likeness (QED) is 0.548. The third kappa shape index (κ3) is 5.82. The van der Waals surface area contributed by atoms with Gasteiger partial charge in [0, 0.05) is 5.69 Å². The number of anilines is 1. The second kappa shape index (κ2) is 10.3. The molecule has 8 heteroatoms. The van der Waals surface area contributed by atoms with Crippen molar-refractivity contribution in [2.75, 3.05) is 11.1 Å². The van der Waals surface area contributed by atoms with E-state index in [4.69, 9.17) is 10.2 Å². The van der Waals surface area contributed by atoms with Gasteiger partial charge in [-0.05, 0) is 43.0 Å². The highest BCUT2D eigenvalue weighted by atomic mass is 35.5. The van der Waals surface area contributed by atoms with Crippen LogP contribution in [0.15, 0.2) is 58.2 Å². The predicted molar refractivity (Wildman–Crippen MR) is 107 cm³/mol. The van der Waals surface area contributed by atoms with Crippen molar-refractivity contribution in [1.82, 2.24) is 10.2 Å². The van der Waals surface area contributed by atoms with Crippen molar-refractivity contribution in [3.05, 3.63) is 71.1 Å². The molecule has 2 aromatic carbocycles. The molecule has 0 radical (unpaired) electrons. The fraction of sp³-hybridized carbons (Fsp3) is 0.250. The van der Waals surface area contributed by atoms with Crippen LogP contribution in [0.3, 0.4) is 0 Å². The van der Waals surface area contributed by atoms with Crippen LogP contribution in [0.1, 0.15) is 28.6 Å². The van der Waals surface area contributed by atoms with Crippen molar-refractivity contribution < 1.29 is 21.6 Å². The summed E-state index contributed by atoms with van der Waals surface area (Å²) < 4.78 is 5.60. The average Bonchev–Trinajstić information content (AvgIpc) is 3.14. The van der Waals surface area contributed by atoms with Gasteiger partial charge in [-0.1, -0.05) is 54.2 Å². The number of amides is 1. The fourth-order valence-electron chi connectivity index (χ4n) is 2.58. The van der Waals surface area contributed by atoms with Gasteiger partial charge < -0.3 is 27.9 Å². The summed E-state index contributed by atoms with van der Waals surface area (Å²) in [6.07, 6.45) is 0.611. The number of aromatic nitrogens is 2. The van der Waals surface area contributed by atoms with E-state index >= 15 is 0 Å². The van der Waals surface area contributed by atoms with E-state index in [1.807, 2.05) is 62.4 Å². The molecule has 0 fully saturated rings. The number of thioether (sulfide) groups is 1. The van der Waals surface area contributed by atoms with E-state index in [0.717, 1.165) is 22.4 Å². The lowest BCUT2D eigenvalue weighted by molar-refractivity contribution is -0.113. The zero-order chi connectivity index (χ0) is 19.2. The molecule has 1 heterocycles. The van der Waals surface area contributed by atoms with E-state index in [9.17, 15) is 4.79 Å². The van der Waals surface area contributed by atoms with Gasteiger partial charge in [0.1, 0.15) is 0 Å². The molecule has 28 heavy (non-hydrogen) atoms. The van der Waals surface area contributed by atoms with Crippen LogP contribution >= 0.6 is 11.8 Å². The van der Waals surface area contributed by atoms with Gasteiger partial charge in [0.05, 0.1) is 11.8 Å². The first-order chi connectivity index (χ1) is 13.0. The number of aryl methyl sites for hydroxylation is 1. The largest absolute Gasteiger partial charge is 1.00 e. The lowest BCUT2D eigenvalue weighted by Crippen LogP contribution is -3.00.